The van der Waals surface area contributed by atoms with Gasteiger partial charge in [-0.2, -0.15) is 0 Å². The van der Waals surface area contributed by atoms with Gasteiger partial charge < -0.3 is 10.5 Å². The third-order valence-electron chi connectivity index (χ3n) is 1.25. The van der Waals surface area contributed by atoms with Gasteiger partial charge in [0, 0.05) is 13.7 Å². The van der Waals surface area contributed by atoms with Crippen molar-refractivity contribution in [3.05, 3.63) is 0 Å². The fraction of sp³-hybridized carbons (Fsp3) is 1.00. The lowest BCUT2D eigenvalue weighted by atomic mass is 10.5. The summed E-state index contributed by atoms with van der Waals surface area (Å²) in [7, 11) is -1.60. The van der Waals surface area contributed by atoms with Gasteiger partial charge in [0.05, 0.1) is 12.4 Å². The molecule has 6 heteroatoms. The number of nitrogens with two attached hydrogens (primary N) is 1. The molecule has 0 aromatic carbocycles. The zero-order valence-electron chi connectivity index (χ0n) is 7.25. The zero-order chi connectivity index (χ0) is 9.45. The molecule has 0 aliphatic carbocycles. The largest absolute Gasteiger partial charge is 0.383 e. The van der Waals surface area contributed by atoms with Gasteiger partial charge in [-0.15, -0.1) is 0 Å². The van der Waals surface area contributed by atoms with Crippen molar-refractivity contribution in [2.24, 2.45) is 5.73 Å². The molecule has 0 radical (unpaired) electrons. The van der Waals surface area contributed by atoms with Crippen LogP contribution in [-0.2, 0) is 14.8 Å². The Morgan fingerprint density at radius 3 is 2.67 bits per heavy atom. The molecular weight excluding hydrogens is 180 g/mol. The minimum absolute atomic E-state index is 0.0905. The van der Waals surface area contributed by atoms with Crippen molar-refractivity contribution in [2.45, 2.75) is 6.42 Å². The van der Waals surface area contributed by atoms with Gasteiger partial charge in [0.2, 0.25) is 10.0 Å². The average Bonchev–Trinajstić information content (AvgIpc) is 2.01. The second-order valence-electron chi connectivity index (χ2n) is 2.35. The summed E-state index contributed by atoms with van der Waals surface area (Å²) < 4.78 is 29.2. The maximum absolute atomic E-state index is 11.0. The van der Waals surface area contributed by atoms with Crippen LogP contribution in [0, 0.1) is 0 Å². The van der Waals surface area contributed by atoms with Crippen LogP contribution in [0.3, 0.4) is 0 Å². The highest BCUT2D eigenvalue weighted by atomic mass is 32.2. The highest BCUT2D eigenvalue weighted by molar-refractivity contribution is 7.89. The lowest BCUT2D eigenvalue weighted by Gasteiger charge is -2.04. The van der Waals surface area contributed by atoms with E-state index in [-0.39, 0.29) is 5.75 Å². The summed E-state index contributed by atoms with van der Waals surface area (Å²) in [5.41, 5.74) is 5.17. The quantitative estimate of drug-likeness (QED) is 0.506. The third-order valence-corrected chi connectivity index (χ3v) is 2.72. The Morgan fingerprint density at radius 2 is 2.17 bits per heavy atom. The van der Waals surface area contributed by atoms with Crippen molar-refractivity contribution in [1.82, 2.24) is 4.72 Å². The number of ether oxygens (including phenoxy) is 1. The van der Waals surface area contributed by atoms with E-state index in [9.17, 15) is 8.42 Å². The Labute approximate surface area is 73.3 Å². The van der Waals surface area contributed by atoms with Gasteiger partial charge in [-0.3, -0.25) is 0 Å². The van der Waals surface area contributed by atoms with Crippen LogP contribution in [0.15, 0.2) is 0 Å². The topological polar surface area (TPSA) is 81.4 Å². The van der Waals surface area contributed by atoms with Crippen LogP contribution in [0.2, 0.25) is 0 Å². The SMILES string of the molecule is COCCNS(=O)(=O)CCCN. The molecule has 0 aromatic heterocycles. The summed E-state index contributed by atoms with van der Waals surface area (Å²) in [6.45, 7) is 1.11. The number of rotatable bonds is 7. The molecule has 0 rings (SSSR count). The highest BCUT2D eigenvalue weighted by Gasteiger charge is 2.07. The standard InChI is InChI=1S/C6H16N2O3S/c1-11-5-4-8-12(9,10)6-2-3-7/h8H,2-7H2,1H3. The van der Waals surface area contributed by atoms with Crippen LogP contribution in [0.4, 0.5) is 0 Å². The second-order valence-corrected chi connectivity index (χ2v) is 4.27. The van der Waals surface area contributed by atoms with Crippen LogP contribution in [0.5, 0.6) is 0 Å². The summed E-state index contributed by atoms with van der Waals surface area (Å²) >= 11 is 0. The van der Waals surface area contributed by atoms with E-state index in [1.807, 2.05) is 0 Å². The molecular formula is C6H16N2O3S. The third kappa shape index (κ3) is 6.53. The molecule has 0 heterocycles. The van der Waals surface area contributed by atoms with E-state index in [2.05, 4.69) is 4.72 Å². The lowest BCUT2D eigenvalue weighted by Crippen LogP contribution is -2.30. The molecule has 0 aliphatic heterocycles. The molecule has 3 N–H and O–H groups in total. The van der Waals surface area contributed by atoms with Crippen molar-refractivity contribution < 1.29 is 13.2 Å². The first-order valence-corrected chi connectivity index (χ1v) is 5.44. The molecule has 0 fully saturated rings. The molecule has 0 spiro atoms. The lowest BCUT2D eigenvalue weighted by molar-refractivity contribution is 0.204. The van der Waals surface area contributed by atoms with E-state index in [1.165, 1.54) is 7.11 Å². The van der Waals surface area contributed by atoms with Gasteiger partial charge in [-0.05, 0) is 13.0 Å². The fourth-order valence-corrected chi connectivity index (χ4v) is 1.73. The summed E-state index contributed by atoms with van der Waals surface area (Å²) in [6, 6.07) is 0. The Bertz CT molecular complexity index is 191. The molecule has 0 atom stereocenters. The van der Waals surface area contributed by atoms with E-state index in [0.717, 1.165) is 0 Å². The molecule has 0 amide bonds. The molecule has 12 heavy (non-hydrogen) atoms. The number of methoxy groups -OCH3 is 1. The van der Waals surface area contributed by atoms with E-state index in [4.69, 9.17) is 10.5 Å². The van der Waals surface area contributed by atoms with Gasteiger partial charge in [-0.1, -0.05) is 0 Å². The van der Waals surface area contributed by atoms with Crippen LogP contribution in [0.1, 0.15) is 6.42 Å². The van der Waals surface area contributed by atoms with Gasteiger partial charge in [-0.25, -0.2) is 13.1 Å². The fourth-order valence-electron chi connectivity index (χ4n) is 0.645. The highest BCUT2D eigenvalue weighted by Crippen LogP contribution is 1.86. The molecule has 0 saturated heterocycles. The van der Waals surface area contributed by atoms with Crippen molar-refractivity contribution in [1.29, 1.82) is 0 Å². The predicted octanol–water partition coefficient (Wildman–Crippen LogP) is -1.10. The number of nitrogens with one attached hydrogen (secondary N) is 1. The Hall–Kier alpha value is -0.170. The number of hydrogen-bond acceptors (Lipinski definition) is 4. The number of hydrogen-bond donors (Lipinski definition) is 2. The Kier molecular flexibility index (Phi) is 6.27. The van der Waals surface area contributed by atoms with E-state index in [1.54, 1.807) is 0 Å². The summed E-state index contributed by atoms with van der Waals surface area (Å²) in [6.07, 6.45) is 0.488. The van der Waals surface area contributed by atoms with Crippen LogP contribution in [0.25, 0.3) is 0 Å². The van der Waals surface area contributed by atoms with Crippen molar-refractivity contribution in [3.8, 4) is 0 Å². The van der Waals surface area contributed by atoms with Crippen LogP contribution >= 0.6 is 0 Å². The maximum Gasteiger partial charge on any atom is 0.211 e. The van der Waals surface area contributed by atoms with Crippen molar-refractivity contribution in [2.75, 3.05) is 32.6 Å². The molecule has 5 nitrogen and oxygen atoms in total. The molecule has 74 valence electrons. The maximum atomic E-state index is 11.0. The first kappa shape index (κ1) is 11.8. The first-order chi connectivity index (χ1) is 5.62. The summed E-state index contributed by atoms with van der Waals surface area (Å²) in [4.78, 5) is 0. The first-order valence-electron chi connectivity index (χ1n) is 3.78. The smallest absolute Gasteiger partial charge is 0.211 e. The van der Waals surface area contributed by atoms with Crippen molar-refractivity contribution >= 4 is 10.0 Å². The monoisotopic (exact) mass is 196 g/mol. The van der Waals surface area contributed by atoms with E-state index >= 15 is 0 Å². The molecule has 0 aromatic rings. The molecule has 0 aliphatic rings. The zero-order valence-corrected chi connectivity index (χ0v) is 8.06. The van der Waals surface area contributed by atoms with Gasteiger partial charge in [0.1, 0.15) is 0 Å². The van der Waals surface area contributed by atoms with Gasteiger partial charge in [0.15, 0.2) is 0 Å². The minimum atomic E-state index is -3.13. The Morgan fingerprint density at radius 1 is 1.50 bits per heavy atom. The average molecular weight is 196 g/mol. The molecule has 0 bridgehead atoms. The van der Waals surface area contributed by atoms with E-state index in [0.29, 0.717) is 26.1 Å². The van der Waals surface area contributed by atoms with Crippen molar-refractivity contribution in [3.63, 3.8) is 0 Å². The predicted molar refractivity (Wildman–Crippen MR) is 47.3 cm³/mol. The normalized spacial score (nSPS) is 11.8. The van der Waals surface area contributed by atoms with Crippen LogP contribution in [-0.4, -0.2) is 41.0 Å². The molecule has 0 saturated carbocycles. The van der Waals surface area contributed by atoms with E-state index < -0.39 is 10.0 Å². The minimum Gasteiger partial charge on any atom is -0.383 e. The number of sulfonamides is 1. The molecule has 0 unspecified atom stereocenters. The summed E-state index contributed by atoms with van der Waals surface area (Å²) in [5.74, 6) is 0.0905. The summed E-state index contributed by atoms with van der Waals surface area (Å²) in [5, 5.41) is 0. The Balaban J connectivity index is 3.58. The second kappa shape index (κ2) is 6.36. The van der Waals surface area contributed by atoms with Gasteiger partial charge >= 0.3 is 0 Å². The van der Waals surface area contributed by atoms with Crippen LogP contribution < -0.4 is 10.5 Å². The van der Waals surface area contributed by atoms with Gasteiger partial charge in [0.25, 0.3) is 0 Å².